The van der Waals surface area contributed by atoms with Crippen molar-refractivity contribution in [3.63, 3.8) is 0 Å². The second-order valence-corrected chi connectivity index (χ2v) is 7.20. The van der Waals surface area contributed by atoms with Crippen molar-refractivity contribution < 1.29 is 9.59 Å². The fourth-order valence-corrected chi connectivity index (χ4v) is 2.92. The number of anilines is 1. The summed E-state index contributed by atoms with van der Waals surface area (Å²) in [5.74, 6) is -0.377. The van der Waals surface area contributed by atoms with Crippen LogP contribution in [0.1, 0.15) is 34.8 Å². The molecular weight excluding hydrogens is 398 g/mol. The van der Waals surface area contributed by atoms with Gasteiger partial charge in [-0.1, -0.05) is 54.1 Å². The molecule has 2 amide bonds. The van der Waals surface area contributed by atoms with E-state index in [4.69, 9.17) is 11.6 Å². The van der Waals surface area contributed by atoms with Gasteiger partial charge in [0.25, 0.3) is 5.91 Å². The van der Waals surface area contributed by atoms with Crippen molar-refractivity contribution in [2.75, 3.05) is 5.32 Å². The average Bonchev–Trinajstić information content (AvgIpc) is 2.77. The van der Waals surface area contributed by atoms with Gasteiger partial charge < -0.3 is 5.32 Å². The van der Waals surface area contributed by atoms with Gasteiger partial charge in [-0.05, 0) is 60.9 Å². The molecule has 5 nitrogen and oxygen atoms in total. The number of amides is 2. The first-order chi connectivity index (χ1) is 14.5. The van der Waals surface area contributed by atoms with Crippen LogP contribution in [0.15, 0.2) is 84.0 Å². The fraction of sp³-hybridized carbons (Fsp3) is 0.125. The highest BCUT2D eigenvalue weighted by atomic mass is 35.5. The van der Waals surface area contributed by atoms with Gasteiger partial charge in [0.05, 0.1) is 5.71 Å². The Kier molecular flexibility index (Phi) is 7.35. The summed E-state index contributed by atoms with van der Waals surface area (Å²) >= 11 is 5.86. The first-order valence-electron chi connectivity index (χ1n) is 9.55. The predicted molar refractivity (Wildman–Crippen MR) is 121 cm³/mol. The van der Waals surface area contributed by atoms with E-state index in [-0.39, 0.29) is 11.8 Å². The molecule has 0 unspecified atom stereocenters. The summed E-state index contributed by atoms with van der Waals surface area (Å²) in [5.41, 5.74) is 6.29. The third-order valence-corrected chi connectivity index (χ3v) is 4.73. The maximum atomic E-state index is 12.4. The van der Waals surface area contributed by atoms with Gasteiger partial charge in [-0.15, -0.1) is 0 Å². The van der Waals surface area contributed by atoms with Crippen molar-refractivity contribution in [2.24, 2.45) is 5.10 Å². The molecular formula is C24H22ClN3O2. The lowest BCUT2D eigenvalue weighted by Gasteiger charge is -2.08. The van der Waals surface area contributed by atoms with Crippen LogP contribution in [-0.4, -0.2) is 17.5 Å². The molecule has 3 aromatic carbocycles. The molecule has 3 rings (SSSR count). The van der Waals surface area contributed by atoms with Crippen molar-refractivity contribution in [3.05, 3.63) is 101 Å². The Morgan fingerprint density at radius 1 is 0.900 bits per heavy atom. The smallest absolute Gasteiger partial charge is 0.255 e. The molecule has 0 saturated carbocycles. The van der Waals surface area contributed by atoms with E-state index < -0.39 is 0 Å². The molecule has 30 heavy (non-hydrogen) atoms. The Balaban J connectivity index is 1.58. The highest BCUT2D eigenvalue weighted by Gasteiger charge is 2.08. The zero-order valence-electron chi connectivity index (χ0n) is 16.6. The van der Waals surface area contributed by atoms with Crippen LogP contribution in [-0.2, 0) is 11.2 Å². The molecule has 0 aromatic heterocycles. The number of nitrogens with one attached hydrogen (secondary N) is 2. The first kappa shape index (κ1) is 21.3. The summed E-state index contributed by atoms with van der Waals surface area (Å²) in [6.07, 6.45) is 1.02. The number of carbonyl (C=O) groups excluding carboxylic acids is 2. The van der Waals surface area contributed by atoms with E-state index in [2.05, 4.69) is 15.8 Å². The van der Waals surface area contributed by atoms with E-state index in [1.54, 1.807) is 37.3 Å². The molecule has 0 spiro atoms. The van der Waals surface area contributed by atoms with E-state index in [0.717, 1.165) is 11.1 Å². The Hall–Kier alpha value is -3.44. The maximum Gasteiger partial charge on any atom is 0.255 e. The fourth-order valence-electron chi connectivity index (χ4n) is 2.80. The van der Waals surface area contributed by atoms with Gasteiger partial charge >= 0.3 is 0 Å². The zero-order valence-corrected chi connectivity index (χ0v) is 17.3. The molecule has 152 valence electrons. The highest BCUT2D eigenvalue weighted by Crippen LogP contribution is 2.15. The number of hydrogen-bond donors (Lipinski definition) is 2. The Labute approximate surface area is 180 Å². The van der Waals surface area contributed by atoms with E-state index in [0.29, 0.717) is 34.8 Å². The van der Waals surface area contributed by atoms with Crippen molar-refractivity contribution in [1.82, 2.24) is 5.43 Å². The van der Waals surface area contributed by atoms with Crippen LogP contribution in [0.5, 0.6) is 0 Å². The third kappa shape index (κ3) is 6.29. The number of rotatable bonds is 7. The summed E-state index contributed by atoms with van der Waals surface area (Å²) in [6, 6.07) is 23.8. The molecule has 0 bridgehead atoms. The quantitative estimate of drug-likeness (QED) is 0.414. The minimum atomic E-state index is -0.229. The van der Waals surface area contributed by atoms with Crippen LogP contribution in [0.25, 0.3) is 0 Å². The lowest BCUT2D eigenvalue weighted by molar-refractivity contribution is -0.121. The van der Waals surface area contributed by atoms with Crippen LogP contribution in [0.3, 0.4) is 0 Å². The second-order valence-electron chi connectivity index (χ2n) is 6.76. The molecule has 0 aliphatic heterocycles. The van der Waals surface area contributed by atoms with Gasteiger partial charge in [-0.2, -0.15) is 5.10 Å². The maximum absolute atomic E-state index is 12.4. The van der Waals surface area contributed by atoms with Crippen LogP contribution in [0, 0.1) is 0 Å². The third-order valence-electron chi connectivity index (χ3n) is 4.48. The van der Waals surface area contributed by atoms with Crippen LogP contribution in [0.2, 0.25) is 5.02 Å². The van der Waals surface area contributed by atoms with E-state index in [1.165, 1.54) is 0 Å². The molecule has 0 saturated heterocycles. The highest BCUT2D eigenvalue weighted by molar-refractivity contribution is 6.30. The topological polar surface area (TPSA) is 70.6 Å². The van der Waals surface area contributed by atoms with Crippen LogP contribution in [0.4, 0.5) is 5.69 Å². The summed E-state index contributed by atoms with van der Waals surface area (Å²) in [6.45, 7) is 1.80. The van der Waals surface area contributed by atoms with E-state index >= 15 is 0 Å². The van der Waals surface area contributed by atoms with Crippen molar-refractivity contribution in [1.29, 1.82) is 0 Å². The van der Waals surface area contributed by atoms with Crippen molar-refractivity contribution in [2.45, 2.75) is 19.8 Å². The molecule has 6 heteroatoms. The summed E-state index contributed by atoms with van der Waals surface area (Å²) in [7, 11) is 0. The number of benzene rings is 3. The predicted octanol–water partition coefficient (Wildman–Crippen LogP) is 5.07. The molecule has 0 radical (unpaired) electrons. The molecule has 0 aliphatic rings. The molecule has 3 aromatic rings. The Morgan fingerprint density at radius 3 is 2.37 bits per heavy atom. The monoisotopic (exact) mass is 419 g/mol. The molecule has 0 fully saturated rings. The van der Waals surface area contributed by atoms with Gasteiger partial charge in [0, 0.05) is 22.7 Å². The SMILES string of the molecule is CC(=NNC(=O)CCc1ccccc1)c1cccc(NC(=O)c2ccc(Cl)cc2)c1. The summed E-state index contributed by atoms with van der Waals surface area (Å²) in [5, 5.41) is 7.61. The zero-order chi connectivity index (χ0) is 21.3. The normalized spacial score (nSPS) is 11.1. The first-order valence-corrected chi connectivity index (χ1v) is 9.93. The second kappa shape index (κ2) is 10.4. The molecule has 0 aliphatic carbocycles. The van der Waals surface area contributed by atoms with Gasteiger partial charge in [0.2, 0.25) is 5.91 Å². The number of carbonyl (C=O) groups is 2. The lowest BCUT2D eigenvalue weighted by Crippen LogP contribution is -2.19. The molecule has 0 heterocycles. The molecule has 2 N–H and O–H groups in total. The summed E-state index contributed by atoms with van der Waals surface area (Å²) in [4.78, 5) is 24.4. The average molecular weight is 420 g/mol. The number of halogens is 1. The van der Waals surface area contributed by atoms with E-state index in [1.807, 2.05) is 48.5 Å². The standard InChI is InChI=1S/C24H22ClN3O2/c1-17(27-28-23(29)15-10-18-6-3-2-4-7-18)20-8-5-9-22(16-20)26-24(30)19-11-13-21(25)14-12-19/h2-9,11-14,16H,10,15H2,1H3,(H,26,30)(H,28,29). The Morgan fingerprint density at radius 2 is 1.63 bits per heavy atom. The Bertz CT molecular complexity index is 1050. The minimum Gasteiger partial charge on any atom is -0.322 e. The largest absolute Gasteiger partial charge is 0.322 e. The summed E-state index contributed by atoms with van der Waals surface area (Å²) < 4.78 is 0. The number of aryl methyl sites for hydroxylation is 1. The number of hydrogen-bond acceptors (Lipinski definition) is 3. The van der Waals surface area contributed by atoms with Gasteiger partial charge in [-0.25, -0.2) is 5.43 Å². The lowest BCUT2D eigenvalue weighted by atomic mass is 10.1. The van der Waals surface area contributed by atoms with Gasteiger partial charge in [-0.3, -0.25) is 9.59 Å². The van der Waals surface area contributed by atoms with Crippen molar-refractivity contribution >= 4 is 34.8 Å². The number of hydrazone groups is 1. The van der Waals surface area contributed by atoms with Crippen LogP contribution >= 0.6 is 11.6 Å². The van der Waals surface area contributed by atoms with Gasteiger partial charge in [0.1, 0.15) is 0 Å². The van der Waals surface area contributed by atoms with Crippen LogP contribution < -0.4 is 10.7 Å². The molecule has 0 atom stereocenters. The number of nitrogens with zero attached hydrogens (tertiary/aromatic N) is 1. The van der Waals surface area contributed by atoms with Gasteiger partial charge in [0.15, 0.2) is 0 Å². The minimum absolute atomic E-state index is 0.148. The van der Waals surface area contributed by atoms with E-state index in [9.17, 15) is 9.59 Å². The van der Waals surface area contributed by atoms with Crippen molar-refractivity contribution in [3.8, 4) is 0 Å².